The highest BCUT2D eigenvalue weighted by Crippen LogP contribution is 2.35. The molecule has 0 radical (unpaired) electrons. The fourth-order valence-corrected chi connectivity index (χ4v) is 3.06. The molecule has 0 bridgehead atoms. The van der Waals surface area contributed by atoms with Crippen molar-refractivity contribution in [3.05, 3.63) is 92.1 Å². The number of rotatable bonds is 8. The molecule has 0 atom stereocenters. The minimum absolute atomic E-state index is 0.00772. The molecule has 0 aliphatic rings. The molecule has 0 spiro atoms. The highest BCUT2D eigenvalue weighted by Gasteiger charge is 2.18. The number of esters is 1. The van der Waals surface area contributed by atoms with Gasteiger partial charge in [0.2, 0.25) is 0 Å². The van der Waals surface area contributed by atoms with Crippen molar-refractivity contribution in [2.24, 2.45) is 0 Å². The molecule has 1 aromatic heterocycles. The van der Waals surface area contributed by atoms with Crippen molar-refractivity contribution >= 4 is 46.7 Å². The maximum Gasteiger partial charge on any atom is 0.332 e. The summed E-state index contributed by atoms with van der Waals surface area (Å²) in [4.78, 5) is 47.0. The summed E-state index contributed by atoms with van der Waals surface area (Å²) in [5, 5.41) is 14.9. The molecule has 3 aromatic rings. The maximum atomic E-state index is 13.4. The summed E-state index contributed by atoms with van der Waals surface area (Å²) >= 11 is 12.2. The summed E-state index contributed by atoms with van der Waals surface area (Å²) in [5.41, 5.74) is -0.278. The number of carbonyl (C=O) groups is 3. The van der Waals surface area contributed by atoms with Crippen molar-refractivity contribution in [2.75, 3.05) is 5.32 Å². The predicted molar refractivity (Wildman–Crippen MR) is 127 cm³/mol. The molecule has 186 valence electrons. The minimum atomic E-state index is -1.34. The van der Waals surface area contributed by atoms with Crippen LogP contribution in [0.4, 0.5) is 10.1 Å². The summed E-state index contributed by atoms with van der Waals surface area (Å²) in [6.45, 7) is 1.04. The van der Waals surface area contributed by atoms with Crippen LogP contribution in [0.1, 0.15) is 15.9 Å². The first-order valence-corrected chi connectivity index (χ1v) is 10.7. The Morgan fingerprint density at radius 1 is 1.11 bits per heavy atom. The largest absolute Gasteiger partial charge is 0.478 e. The number of amides is 1. The number of aliphatic carboxylic acids is 1. The molecule has 0 fully saturated rings. The van der Waals surface area contributed by atoms with Crippen LogP contribution in [0.15, 0.2) is 59.5 Å². The molecule has 2 N–H and O–H groups in total. The van der Waals surface area contributed by atoms with E-state index in [1.54, 1.807) is 6.92 Å². The van der Waals surface area contributed by atoms with E-state index < -0.39 is 36.0 Å². The second-order valence-electron chi connectivity index (χ2n) is 7.07. The number of carboxylic acids is 1. The van der Waals surface area contributed by atoms with Crippen LogP contribution in [0.2, 0.25) is 10.0 Å². The Kier molecular flexibility index (Phi) is 8.41. The van der Waals surface area contributed by atoms with E-state index >= 15 is 0 Å². The van der Waals surface area contributed by atoms with E-state index in [-0.39, 0.29) is 32.8 Å². The van der Waals surface area contributed by atoms with Crippen LogP contribution < -0.4 is 15.6 Å². The second kappa shape index (κ2) is 11.5. The molecule has 3 rings (SSSR count). The highest BCUT2D eigenvalue weighted by atomic mass is 35.5. The van der Waals surface area contributed by atoms with Crippen LogP contribution in [0.25, 0.3) is 0 Å². The van der Waals surface area contributed by atoms with E-state index in [1.165, 1.54) is 30.3 Å². The summed E-state index contributed by atoms with van der Waals surface area (Å²) in [5.74, 6) is -3.20. The van der Waals surface area contributed by atoms with Gasteiger partial charge in [-0.25, -0.2) is 14.0 Å². The Labute approximate surface area is 212 Å². The second-order valence-corrected chi connectivity index (χ2v) is 7.89. The molecular weight excluding hydrogens is 520 g/mol. The van der Waals surface area contributed by atoms with Crippen molar-refractivity contribution in [1.82, 2.24) is 9.78 Å². The lowest BCUT2D eigenvalue weighted by Gasteiger charge is -2.14. The minimum Gasteiger partial charge on any atom is -0.478 e. The van der Waals surface area contributed by atoms with Gasteiger partial charge < -0.3 is 19.9 Å². The Morgan fingerprint density at radius 2 is 1.83 bits per heavy atom. The molecule has 36 heavy (non-hydrogen) atoms. The van der Waals surface area contributed by atoms with Crippen LogP contribution in [-0.4, -0.2) is 32.7 Å². The van der Waals surface area contributed by atoms with Gasteiger partial charge in [0.25, 0.3) is 11.5 Å². The molecule has 2 aromatic carbocycles. The number of nitrogens with one attached hydrogen (secondary N) is 1. The number of carboxylic acid groups (broad SMARTS) is 1. The molecule has 0 saturated carbocycles. The number of ether oxygens (including phenoxy) is 2. The maximum absolute atomic E-state index is 13.4. The smallest absolute Gasteiger partial charge is 0.332 e. The van der Waals surface area contributed by atoms with Crippen LogP contribution >= 0.6 is 23.2 Å². The van der Waals surface area contributed by atoms with Gasteiger partial charge in [0, 0.05) is 24.3 Å². The normalized spacial score (nSPS) is 10.8. The first-order valence-electron chi connectivity index (χ1n) is 9.93. The number of halogens is 3. The summed E-state index contributed by atoms with van der Waals surface area (Å²) in [7, 11) is 0. The van der Waals surface area contributed by atoms with E-state index in [2.05, 4.69) is 10.4 Å². The highest BCUT2D eigenvalue weighted by molar-refractivity contribution is 6.42. The van der Waals surface area contributed by atoms with E-state index in [0.717, 1.165) is 16.9 Å². The van der Waals surface area contributed by atoms with Crippen molar-refractivity contribution < 1.29 is 33.4 Å². The Balaban J connectivity index is 1.78. The Hall–Kier alpha value is -4.22. The number of benzene rings is 2. The predicted octanol–water partition coefficient (Wildman–Crippen LogP) is 4.18. The zero-order valence-electron chi connectivity index (χ0n) is 18.3. The quantitative estimate of drug-likeness (QED) is 0.323. The van der Waals surface area contributed by atoms with Crippen LogP contribution in [0.5, 0.6) is 11.5 Å². The van der Waals surface area contributed by atoms with Gasteiger partial charge in [-0.1, -0.05) is 23.2 Å². The lowest BCUT2D eigenvalue weighted by Crippen LogP contribution is -2.25. The molecule has 10 nitrogen and oxygen atoms in total. The number of aromatic nitrogens is 2. The standard InChI is InChI=1S/C23H16Cl2FN3O7/c1-12-6-13(26)2-3-18(12)36-19-9-17(25)16(24)8-15(19)23(34)28-14-7-20(30)29(27-10-14)11-35-22(33)5-4-21(31)32/h2-10H,11H2,1H3,(H,28,34)(H,31,32)/b5-4-. The average molecular weight is 536 g/mol. The molecule has 1 heterocycles. The fourth-order valence-electron chi connectivity index (χ4n) is 2.75. The van der Waals surface area contributed by atoms with Crippen LogP contribution in [0.3, 0.4) is 0 Å². The fraction of sp³-hybridized carbons (Fsp3) is 0.0870. The molecule has 0 unspecified atom stereocenters. The number of anilines is 1. The third-order valence-corrected chi connectivity index (χ3v) is 5.16. The first-order chi connectivity index (χ1) is 17.0. The third-order valence-electron chi connectivity index (χ3n) is 4.44. The average Bonchev–Trinajstić information content (AvgIpc) is 2.81. The topological polar surface area (TPSA) is 137 Å². The third kappa shape index (κ3) is 6.90. The molecule has 13 heteroatoms. The molecule has 0 aliphatic carbocycles. The zero-order chi connectivity index (χ0) is 26.4. The van der Waals surface area contributed by atoms with Gasteiger partial charge in [-0.3, -0.25) is 9.59 Å². The van der Waals surface area contributed by atoms with Gasteiger partial charge in [0.1, 0.15) is 17.3 Å². The van der Waals surface area contributed by atoms with Gasteiger partial charge >= 0.3 is 11.9 Å². The number of nitrogens with zero attached hydrogens (tertiary/aromatic N) is 2. The van der Waals surface area contributed by atoms with Gasteiger partial charge in [0.05, 0.1) is 27.5 Å². The Morgan fingerprint density at radius 3 is 2.50 bits per heavy atom. The number of carbonyl (C=O) groups excluding carboxylic acids is 2. The summed E-state index contributed by atoms with van der Waals surface area (Å²) in [6, 6.07) is 7.46. The van der Waals surface area contributed by atoms with Crippen molar-refractivity contribution in [2.45, 2.75) is 13.7 Å². The zero-order valence-corrected chi connectivity index (χ0v) is 19.8. The van der Waals surface area contributed by atoms with E-state index in [4.69, 9.17) is 37.8 Å². The number of hydrogen-bond acceptors (Lipinski definition) is 7. The van der Waals surface area contributed by atoms with Gasteiger partial charge in [-0.05, 0) is 36.8 Å². The van der Waals surface area contributed by atoms with Crippen molar-refractivity contribution in [3.8, 4) is 11.5 Å². The molecule has 1 amide bonds. The number of aryl methyl sites for hydroxylation is 1. The van der Waals surface area contributed by atoms with E-state index in [1.807, 2.05) is 0 Å². The van der Waals surface area contributed by atoms with Crippen molar-refractivity contribution in [1.29, 1.82) is 0 Å². The monoisotopic (exact) mass is 535 g/mol. The van der Waals surface area contributed by atoms with Crippen LogP contribution in [0, 0.1) is 12.7 Å². The number of hydrogen-bond donors (Lipinski definition) is 2. The van der Waals surface area contributed by atoms with Crippen molar-refractivity contribution in [3.63, 3.8) is 0 Å². The van der Waals surface area contributed by atoms with Gasteiger partial charge in [0.15, 0.2) is 6.73 Å². The van der Waals surface area contributed by atoms with E-state index in [9.17, 15) is 23.6 Å². The molecule has 0 aliphatic heterocycles. The summed E-state index contributed by atoms with van der Waals surface area (Å²) in [6.07, 6.45) is 2.38. The van der Waals surface area contributed by atoms with Gasteiger partial charge in [-0.2, -0.15) is 9.78 Å². The van der Waals surface area contributed by atoms with Gasteiger partial charge in [-0.15, -0.1) is 0 Å². The van der Waals surface area contributed by atoms with E-state index in [0.29, 0.717) is 17.7 Å². The lowest BCUT2D eigenvalue weighted by atomic mass is 10.1. The molecular formula is C23H16Cl2FN3O7. The SMILES string of the molecule is Cc1cc(F)ccc1Oc1cc(Cl)c(Cl)cc1C(=O)Nc1cnn(COC(=O)/C=C\C(=O)O)c(=O)c1. The first kappa shape index (κ1) is 26.4. The molecule has 0 saturated heterocycles. The lowest BCUT2D eigenvalue weighted by molar-refractivity contribution is -0.142. The van der Waals surface area contributed by atoms with Crippen LogP contribution in [-0.2, 0) is 21.1 Å². The Bertz CT molecular complexity index is 1440. The summed E-state index contributed by atoms with van der Waals surface area (Å²) < 4.78 is 24.7.